The minimum absolute atomic E-state index is 0.121. The molecule has 0 bridgehead atoms. The summed E-state index contributed by atoms with van der Waals surface area (Å²) in [5.74, 6) is 0.513. The van der Waals surface area contributed by atoms with Crippen molar-refractivity contribution >= 4 is 17.4 Å². The molecule has 0 saturated heterocycles. The number of aromatic nitrogens is 2. The number of carbonyl (C=O) groups excluding carboxylic acids is 1. The molecular weight excluding hydrogens is 282 g/mol. The summed E-state index contributed by atoms with van der Waals surface area (Å²) in [5.41, 5.74) is 4.50. The number of benzene rings is 2. The number of rotatable bonds is 4. The molecule has 0 atom stereocenters. The summed E-state index contributed by atoms with van der Waals surface area (Å²) in [6.45, 7) is 0.350. The van der Waals surface area contributed by atoms with E-state index in [2.05, 4.69) is 14.7 Å². The van der Waals surface area contributed by atoms with Crippen LogP contribution in [0.3, 0.4) is 0 Å². The number of nitrogens with zero attached hydrogens (tertiary/aromatic N) is 2. The highest BCUT2D eigenvalue weighted by molar-refractivity contribution is 7.03. The van der Waals surface area contributed by atoms with Gasteiger partial charge in [0.1, 0.15) is 5.51 Å². The van der Waals surface area contributed by atoms with Crippen molar-refractivity contribution in [3.63, 3.8) is 0 Å². The van der Waals surface area contributed by atoms with E-state index in [9.17, 15) is 4.79 Å². The number of hydrogen-bond acceptors (Lipinski definition) is 4. The van der Waals surface area contributed by atoms with Crippen molar-refractivity contribution in [2.24, 2.45) is 0 Å². The molecule has 104 valence electrons. The molecule has 0 aliphatic heterocycles. The fourth-order valence-corrected chi connectivity index (χ4v) is 2.43. The summed E-state index contributed by atoms with van der Waals surface area (Å²) in [4.78, 5) is 16.1. The zero-order valence-corrected chi connectivity index (χ0v) is 12.0. The van der Waals surface area contributed by atoms with Crippen molar-refractivity contribution in [2.45, 2.75) is 6.54 Å². The Hall–Kier alpha value is -2.53. The van der Waals surface area contributed by atoms with Gasteiger partial charge in [-0.25, -0.2) is 4.98 Å². The molecule has 4 nitrogen and oxygen atoms in total. The molecule has 2 aromatic carbocycles. The summed E-state index contributed by atoms with van der Waals surface area (Å²) in [7, 11) is 0. The van der Waals surface area contributed by atoms with Crippen molar-refractivity contribution < 1.29 is 4.79 Å². The maximum absolute atomic E-state index is 12.0. The predicted octanol–water partition coefficient (Wildman–Crippen LogP) is 3.14. The van der Waals surface area contributed by atoms with Gasteiger partial charge in [0.15, 0.2) is 5.82 Å². The average Bonchev–Trinajstić information content (AvgIpc) is 3.07. The van der Waals surface area contributed by atoms with Gasteiger partial charge in [0.2, 0.25) is 0 Å². The van der Waals surface area contributed by atoms with Crippen LogP contribution in [0.5, 0.6) is 0 Å². The first kappa shape index (κ1) is 13.5. The molecule has 3 rings (SSSR count). The molecule has 21 heavy (non-hydrogen) atoms. The van der Waals surface area contributed by atoms with Gasteiger partial charge < -0.3 is 5.32 Å². The van der Waals surface area contributed by atoms with Crippen LogP contribution in [-0.4, -0.2) is 15.3 Å². The van der Waals surface area contributed by atoms with E-state index in [0.717, 1.165) is 11.1 Å². The lowest BCUT2D eigenvalue weighted by atomic mass is 10.0. The van der Waals surface area contributed by atoms with Crippen molar-refractivity contribution in [3.05, 3.63) is 71.5 Å². The topological polar surface area (TPSA) is 54.9 Å². The van der Waals surface area contributed by atoms with Gasteiger partial charge in [0, 0.05) is 5.56 Å². The van der Waals surface area contributed by atoms with E-state index in [1.54, 1.807) is 5.51 Å². The smallest absolute Gasteiger partial charge is 0.251 e. The van der Waals surface area contributed by atoms with E-state index in [4.69, 9.17) is 0 Å². The summed E-state index contributed by atoms with van der Waals surface area (Å²) in [6.07, 6.45) is 0. The van der Waals surface area contributed by atoms with E-state index >= 15 is 0 Å². The van der Waals surface area contributed by atoms with Crippen molar-refractivity contribution in [1.82, 2.24) is 14.7 Å². The number of amides is 1. The number of nitrogens with one attached hydrogen (secondary N) is 1. The third-order valence-electron chi connectivity index (χ3n) is 3.07. The molecule has 0 aliphatic carbocycles. The van der Waals surface area contributed by atoms with E-state index in [1.807, 2.05) is 54.6 Å². The van der Waals surface area contributed by atoms with Crippen LogP contribution in [0, 0.1) is 0 Å². The Morgan fingerprint density at radius 3 is 2.38 bits per heavy atom. The molecular formula is C16H13N3OS. The molecule has 5 heteroatoms. The second kappa shape index (κ2) is 6.28. The van der Waals surface area contributed by atoms with E-state index in [-0.39, 0.29) is 5.91 Å². The molecule has 0 saturated carbocycles. The first-order valence-electron chi connectivity index (χ1n) is 6.52. The van der Waals surface area contributed by atoms with Gasteiger partial charge in [-0.1, -0.05) is 42.5 Å². The maximum atomic E-state index is 12.0. The van der Waals surface area contributed by atoms with Crippen molar-refractivity contribution in [2.75, 3.05) is 0 Å². The Labute approximate surface area is 126 Å². The van der Waals surface area contributed by atoms with E-state index in [1.165, 1.54) is 11.5 Å². The quantitative estimate of drug-likeness (QED) is 0.804. The summed E-state index contributed by atoms with van der Waals surface area (Å²) in [5, 5.41) is 2.80. The van der Waals surface area contributed by atoms with Gasteiger partial charge in [0.25, 0.3) is 5.91 Å². The first-order chi connectivity index (χ1) is 10.3. The fourth-order valence-electron chi connectivity index (χ4n) is 1.98. The van der Waals surface area contributed by atoms with Gasteiger partial charge in [-0.2, -0.15) is 4.37 Å². The van der Waals surface area contributed by atoms with Gasteiger partial charge in [-0.05, 0) is 34.8 Å². The predicted molar refractivity (Wildman–Crippen MR) is 83.0 cm³/mol. The minimum Gasteiger partial charge on any atom is -0.345 e. The molecule has 0 aliphatic rings. The maximum Gasteiger partial charge on any atom is 0.251 e. The lowest BCUT2D eigenvalue weighted by molar-refractivity contribution is 0.0950. The third-order valence-corrected chi connectivity index (χ3v) is 3.58. The van der Waals surface area contributed by atoms with Crippen LogP contribution in [0.15, 0.2) is 60.1 Å². The number of hydrogen-bond donors (Lipinski definition) is 1. The van der Waals surface area contributed by atoms with Gasteiger partial charge in [-0.15, -0.1) is 0 Å². The Morgan fingerprint density at radius 1 is 1.00 bits per heavy atom. The zero-order chi connectivity index (χ0) is 14.5. The van der Waals surface area contributed by atoms with Crippen molar-refractivity contribution in [1.29, 1.82) is 0 Å². The van der Waals surface area contributed by atoms with Crippen LogP contribution in [0.4, 0.5) is 0 Å². The Bertz CT molecular complexity index is 709. The lowest BCUT2D eigenvalue weighted by Gasteiger charge is -2.05. The zero-order valence-electron chi connectivity index (χ0n) is 11.2. The van der Waals surface area contributed by atoms with E-state index in [0.29, 0.717) is 17.9 Å². The molecule has 0 unspecified atom stereocenters. The number of carbonyl (C=O) groups is 1. The SMILES string of the molecule is O=C(NCc1ncsn1)c1ccc(-c2ccccc2)cc1. The standard InChI is InChI=1S/C16H13N3OS/c20-16(17-10-15-18-11-21-19-15)14-8-6-13(7-9-14)12-4-2-1-3-5-12/h1-9,11H,10H2,(H,17,20). The Balaban J connectivity index is 1.67. The van der Waals surface area contributed by atoms with Crippen LogP contribution in [0.1, 0.15) is 16.2 Å². The highest BCUT2D eigenvalue weighted by Gasteiger charge is 2.06. The second-order valence-electron chi connectivity index (χ2n) is 4.47. The second-order valence-corrected chi connectivity index (χ2v) is 5.08. The lowest BCUT2D eigenvalue weighted by Crippen LogP contribution is -2.23. The molecule has 1 amide bonds. The van der Waals surface area contributed by atoms with Crippen molar-refractivity contribution in [3.8, 4) is 11.1 Å². The Morgan fingerprint density at radius 2 is 1.71 bits per heavy atom. The Kier molecular flexibility index (Phi) is 4.02. The molecule has 0 spiro atoms. The normalized spacial score (nSPS) is 10.3. The molecule has 1 heterocycles. The molecule has 0 radical (unpaired) electrons. The van der Waals surface area contributed by atoms with Gasteiger partial charge >= 0.3 is 0 Å². The highest BCUT2D eigenvalue weighted by atomic mass is 32.1. The summed E-state index contributed by atoms with van der Waals surface area (Å²) < 4.78 is 4.05. The summed E-state index contributed by atoms with van der Waals surface area (Å²) >= 11 is 1.27. The van der Waals surface area contributed by atoms with Gasteiger partial charge in [-0.3, -0.25) is 4.79 Å². The molecule has 0 fully saturated rings. The first-order valence-corrected chi connectivity index (χ1v) is 7.35. The van der Waals surface area contributed by atoms with Crippen LogP contribution in [-0.2, 0) is 6.54 Å². The molecule has 1 N–H and O–H groups in total. The largest absolute Gasteiger partial charge is 0.345 e. The molecule has 1 aromatic heterocycles. The third kappa shape index (κ3) is 3.32. The van der Waals surface area contributed by atoms with Crippen LogP contribution in [0.2, 0.25) is 0 Å². The van der Waals surface area contributed by atoms with Crippen LogP contribution < -0.4 is 5.32 Å². The van der Waals surface area contributed by atoms with Crippen LogP contribution >= 0.6 is 11.5 Å². The van der Waals surface area contributed by atoms with Gasteiger partial charge in [0.05, 0.1) is 6.54 Å². The molecule has 3 aromatic rings. The minimum atomic E-state index is -0.121. The average molecular weight is 295 g/mol. The fraction of sp³-hybridized carbons (Fsp3) is 0.0625. The highest BCUT2D eigenvalue weighted by Crippen LogP contribution is 2.19. The monoisotopic (exact) mass is 295 g/mol. The summed E-state index contributed by atoms with van der Waals surface area (Å²) in [6, 6.07) is 17.6. The van der Waals surface area contributed by atoms with E-state index < -0.39 is 0 Å². The van der Waals surface area contributed by atoms with Crippen LogP contribution in [0.25, 0.3) is 11.1 Å².